The molecule has 18 heavy (non-hydrogen) atoms. The minimum absolute atomic E-state index is 0.0965. The Morgan fingerprint density at radius 2 is 2.17 bits per heavy atom. The van der Waals surface area contributed by atoms with E-state index in [0.29, 0.717) is 6.54 Å². The smallest absolute Gasteiger partial charge is 0.323 e. The van der Waals surface area contributed by atoms with Gasteiger partial charge in [-0.25, -0.2) is 0 Å². The largest absolute Gasteiger partial charge is 0.468 e. The first-order valence-corrected chi connectivity index (χ1v) is 6.35. The summed E-state index contributed by atoms with van der Waals surface area (Å²) in [5.41, 5.74) is 8.09. The number of carbonyl (C=O) groups excluding carboxylic acids is 1. The Morgan fingerprint density at radius 1 is 1.44 bits per heavy atom. The molecule has 0 amide bonds. The number of rotatable bonds is 4. The molecule has 2 rings (SSSR count). The van der Waals surface area contributed by atoms with Crippen molar-refractivity contribution in [3.63, 3.8) is 0 Å². The molecule has 1 unspecified atom stereocenters. The summed E-state index contributed by atoms with van der Waals surface area (Å²) in [7, 11) is 1.45. The molecule has 4 nitrogen and oxygen atoms in total. The van der Waals surface area contributed by atoms with Crippen molar-refractivity contribution < 1.29 is 9.53 Å². The number of carbonyl (C=O) groups is 1. The fourth-order valence-corrected chi connectivity index (χ4v) is 2.55. The molecule has 0 saturated carbocycles. The predicted molar refractivity (Wildman–Crippen MR) is 69.8 cm³/mol. The molecular formula is C14H20N2O2. The summed E-state index contributed by atoms with van der Waals surface area (Å²) in [4.78, 5) is 13.9. The molecule has 4 heteroatoms. The summed E-state index contributed by atoms with van der Waals surface area (Å²) in [6, 6.07) is 8.03. The Kier molecular flexibility index (Phi) is 4.33. The molecule has 1 saturated heterocycles. The van der Waals surface area contributed by atoms with E-state index in [2.05, 4.69) is 11.0 Å². The highest BCUT2D eigenvalue weighted by Crippen LogP contribution is 2.22. The fourth-order valence-electron chi connectivity index (χ4n) is 2.55. The average molecular weight is 248 g/mol. The van der Waals surface area contributed by atoms with E-state index in [4.69, 9.17) is 10.5 Å². The molecule has 98 valence electrons. The van der Waals surface area contributed by atoms with Crippen LogP contribution in [-0.2, 0) is 22.6 Å². The molecule has 1 atom stereocenters. The maximum Gasteiger partial charge on any atom is 0.323 e. The lowest BCUT2D eigenvalue weighted by atomic mass is 10.1. The summed E-state index contributed by atoms with van der Waals surface area (Å²) in [5.74, 6) is -0.127. The van der Waals surface area contributed by atoms with Gasteiger partial charge in [-0.3, -0.25) is 9.69 Å². The summed E-state index contributed by atoms with van der Waals surface area (Å²) >= 11 is 0. The molecule has 0 bridgehead atoms. The van der Waals surface area contributed by atoms with Gasteiger partial charge >= 0.3 is 5.97 Å². The second kappa shape index (κ2) is 5.98. The van der Waals surface area contributed by atoms with Crippen molar-refractivity contribution in [2.24, 2.45) is 5.73 Å². The monoisotopic (exact) mass is 248 g/mol. The Balaban J connectivity index is 2.10. The van der Waals surface area contributed by atoms with Crippen molar-refractivity contribution in [3.8, 4) is 0 Å². The average Bonchev–Trinajstić information content (AvgIpc) is 2.86. The molecule has 0 spiro atoms. The predicted octanol–water partition coefficient (Wildman–Crippen LogP) is 1.28. The number of esters is 1. The molecule has 1 aliphatic heterocycles. The van der Waals surface area contributed by atoms with E-state index in [-0.39, 0.29) is 12.0 Å². The minimum atomic E-state index is -0.127. The summed E-state index contributed by atoms with van der Waals surface area (Å²) < 4.78 is 4.85. The normalized spacial score (nSPS) is 20.0. The van der Waals surface area contributed by atoms with Crippen LogP contribution in [0.2, 0.25) is 0 Å². The van der Waals surface area contributed by atoms with Crippen molar-refractivity contribution >= 4 is 5.97 Å². The van der Waals surface area contributed by atoms with E-state index in [1.165, 1.54) is 12.7 Å². The lowest BCUT2D eigenvalue weighted by molar-refractivity contribution is -0.146. The molecular weight excluding hydrogens is 228 g/mol. The molecule has 0 radical (unpaired) electrons. The maximum absolute atomic E-state index is 11.7. The summed E-state index contributed by atoms with van der Waals surface area (Å²) in [6.45, 7) is 2.25. The van der Waals surface area contributed by atoms with Crippen LogP contribution in [-0.4, -0.2) is 30.6 Å². The van der Waals surface area contributed by atoms with E-state index >= 15 is 0 Å². The number of hydrogen-bond acceptors (Lipinski definition) is 4. The molecule has 1 aliphatic rings. The minimum Gasteiger partial charge on any atom is -0.468 e. The van der Waals surface area contributed by atoms with Crippen LogP contribution < -0.4 is 5.73 Å². The number of benzene rings is 1. The molecule has 1 heterocycles. The van der Waals surface area contributed by atoms with E-state index in [1.807, 2.05) is 18.2 Å². The molecule has 0 aliphatic carbocycles. The standard InChI is InChI=1S/C14H20N2O2/c1-18-14(17)13-7-4-8-16(13)10-12-6-3-2-5-11(12)9-15/h2-3,5-6,13H,4,7-10,15H2,1H3. The quantitative estimate of drug-likeness (QED) is 0.816. The maximum atomic E-state index is 11.7. The van der Waals surface area contributed by atoms with Gasteiger partial charge in [-0.15, -0.1) is 0 Å². The fraction of sp³-hybridized carbons (Fsp3) is 0.500. The second-order valence-corrected chi connectivity index (χ2v) is 4.62. The van der Waals surface area contributed by atoms with Gasteiger partial charge in [0.2, 0.25) is 0 Å². The van der Waals surface area contributed by atoms with Crippen LogP contribution in [0, 0.1) is 0 Å². The van der Waals surface area contributed by atoms with Gasteiger partial charge in [0.05, 0.1) is 7.11 Å². The van der Waals surface area contributed by atoms with Crippen LogP contribution >= 0.6 is 0 Å². The van der Waals surface area contributed by atoms with Gasteiger partial charge in [0, 0.05) is 13.1 Å². The number of likely N-dealkylation sites (tertiary alicyclic amines) is 1. The highest BCUT2D eigenvalue weighted by atomic mass is 16.5. The number of nitrogens with two attached hydrogens (primary N) is 1. The third kappa shape index (κ3) is 2.71. The first-order valence-electron chi connectivity index (χ1n) is 6.35. The van der Waals surface area contributed by atoms with Crippen LogP contribution in [0.15, 0.2) is 24.3 Å². The zero-order valence-corrected chi connectivity index (χ0v) is 10.8. The van der Waals surface area contributed by atoms with Gasteiger partial charge in [0.25, 0.3) is 0 Å². The van der Waals surface area contributed by atoms with E-state index in [0.717, 1.165) is 31.5 Å². The number of nitrogens with zero attached hydrogens (tertiary/aromatic N) is 1. The van der Waals surface area contributed by atoms with E-state index in [9.17, 15) is 4.79 Å². The van der Waals surface area contributed by atoms with E-state index in [1.54, 1.807) is 0 Å². The van der Waals surface area contributed by atoms with Gasteiger partial charge in [-0.05, 0) is 30.5 Å². The van der Waals surface area contributed by atoms with Crippen LogP contribution in [0.3, 0.4) is 0 Å². The van der Waals surface area contributed by atoms with Crippen LogP contribution in [0.4, 0.5) is 0 Å². The Hall–Kier alpha value is -1.39. The molecule has 1 aromatic rings. The first kappa shape index (κ1) is 13.1. The highest BCUT2D eigenvalue weighted by Gasteiger charge is 2.31. The second-order valence-electron chi connectivity index (χ2n) is 4.62. The van der Waals surface area contributed by atoms with Crippen molar-refractivity contribution in [1.82, 2.24) is 4.90 Å². The lowest BCUT2D eigenvalue weighted by Crippen LogP contribution is -2.36. The highest BCUT2D eigenvalue weighted by molar-refractivity contribution is 5.76. The number of ether oxygens (including phenoxy) is 1. The number of hydrogen-bond donors (Lipinski definition) is 1. The topological polar surface area (TPSA) is 55.6 Å². The van der Waals surface area contributed by atoms with Crippen LogP contribution in [0.1, 0.15) is 24.0 Å². The molecule has 1 fully saturated rings. The lowest BCUT2D eigenvalue weighted by Gasteiger charge is -2.23. The van der Waals surface area contributed by atoms with Crippen molar-refractivity contribution in [3.05, 3.63) is 35.4 Å². The Bertz CT molecular complexity index is 420. The van der Waals surface area contributed by atoms with Gasteiger partial charge in [-0.1, -0.05) is 24.3 Å². The molecule has 1 aromatic carbocycles. The van der Waals surface area contributed by atoms with Crippen LogP contribution in [0.25, 0.3) is 0 Å². The third-order valence-corrected chi connectivity index (χ3v) is 3.55. The van der Waals surface area contributed by atoms with Crippen molar-refractivity contribution in [1.29, 1.82) is 0 Å². The summed E-state index contributed by atoms with van der Waals surface area (Å²) in [5, 5.41) is 0. The van der Waals surface area contributed by atoms with Gasteiger partial charge in [-0.2, -0.15) is 0 Å². The van der Waals surface area contributed by atoms with Crippen molar-refractivity contribution in [2.45, 2.75) is 32.0 Å². The Morgan fingerprint density at radius 3 is 2.83 bits per heavy atom. The van der Waals surface area contributed by atoms with Gasteiger partial charge in [0.1, 0.15) is 6.04 Å². The van der Waals surface area contributed by atoms with Gasteiger partial charge < -0.3 is 10.5 Å². The summed E-state index contributed by atoms with van der Waals surface area (Å²) in [6.07, 6.45) is 1.93. The number of methoxy groups -OCH3 is 1. The zero-order valence-electron chi connectivity index (χ0n) is 10.8. The Labute approximate surface area is 108 Å². The van der Waals surface area contributed by atoms with Gasteiger partial charge in [0.15, 0.2) is 0 Å². The third-order valence-electron chi connectivity index (χ3n) is 3.55. The zero-order chi connectivity index (χ0) is 13.0. The first-order chi connectivity index (χ1) is 8.76. The SMILES string of the molecule is COC(=O)C1CCCN1Cc1ccccc1CN. The van der Waals surface area contributed by atoms with E-state index < -0.39 is 0 Å². The van der Waals surface area contributed by atoms with Crippen molar-refractivity contribution in [2.75, 3.05) is 13.7 Å². The molecule has 0 aromatic heterocycles. The van der Waals surface area contributed by atoms with Crippen LogP contribution in [0.5, 0.6) is 0 Å². The molecule has 2 N–H and O–H groups in total.